The molecule has 2 heterocycles. The summed E-state index contributed by atoms with van der Waals surface area (Å²) in [5.41, 5.74) is 0. The molecule has 21 heavy (non-hydrogen) atoms. The summed E-state index contributed by atoms with van der Waals surface area (Å²) in [6.07, 6.45) is 8.78. The highest BCUT2D eigenvalue weighted by molar-refractivity contribution is 4.97. The van der Waals surface area contributed by atoms with Crippen molar-refractivity contribution in [1.82, 2.24) is 15.5 Å². The van der Waals surface area contributed by atoms with Gasteiger partial charge in [0.15, 0.2) is 5.82 Å². The van der Waals surface area contributed by atoms with Crippen LogP contribution in [0.2, 0.25) is 0 Å². The van der Waals surface area contributed by atoms with Gasteiger partial charge in [0, 0.05) is 5.92 Å². The van der Waals surface area contributed by atoms with Gasteiger partial charge < -0.3 is 14.6 Å². The first-order valence-corrected chi connectivity index (χ1v) is 8.50. The highest BCUT2D eigenvalue weighted by Gasteiger charge is 2.25. The molecule has 1 aliphatic heterocycles. The lowest BCUT2D eigenvalue weighted by Crippen LogP contribution is -2.32. The molecule has 2 aliphatic rings. The van der Waals surface area contributed by atoms with Crippen molar-refractivity contribution in [2.45, 2.75) is 70.5 Å². The summed E-state index contributed by atoms with van der Waals surface area (Å²) in [5, 5.41) is 7.51. The maximum absolute atomic E-state index is 5.87. The molecule has 0 unspecified atom stereocenters. The van der Waals surface area contributed by atoms with Crippen LogP contribution in [0.1, 0.15) is 69.5 Å². The molecular weight excluding hydrogens is 266 g/mol. The maximum atomic E-state index is 5.87. The molecule has 1 aliphatic carbocycles. The number of aromatic nitrogens is 2. The highest BCUT2D eigenvalue weighted by atomic mass is 16.5. The Balaban J connectivity index is 1.47. The lowest BCUT2D eigenvalue weighted by Gasteiger charge is -2.25. The van der Waals surface area contributed by atoms with Crippen LogP contribution in [0.4, 0.5) is 0 Å². The van der Waals surface area contributed by atoms with E-state index >= 15 is 0 Å². The van der Waals surface area contributed by atoms with Gasteiger partial charge in [0.1, 0.15) is 6.61 Å². The van der Waals surface area contributed by atoms with Gasteiger partial charge in [-0.1, -0.05) is 18.5 Å². The molecule has 0 radical (unpaired) electrons. The molecule has 118 valence electrons. The van der Waals surface area contributed by atoms with Crippen LogP contribution >= 0.6 is 0 Å². The fraction of sp³-hybridized carbons (Fsp3) is 0.875. The number of ether oxygens (including phenoxy) is 1. The van der Waals surface area contributed by atoms with E-state index in [0.29, 0.717) is 24.5 Å². The smallest absolute Gasteiger partial charge is 0.252 e. The minimum Gasteiger partial charge on any atom is -0.368 e. The molecule has 1 aromatic rings. The minimum absolute atomic E-state index is 0.335. The third-order valence-electron chi connectivity index (χ3n) is 5.00. The van der Waals surface area contributed by atoms with Crippen molar-refractivity contribution in [2.75, 3.05) is 13.1 Å². The normalized spacial score (nSPS) is 27.9. The first-order valence-electron chi connectivity index (χ1n) is 8.50. The fourth-order valence-corrected chi connectivity index (χ4v) is 3.47. The Labute approximate surface area is 126 Å². The summed E-state index contributed by atoms with van der Waals surface area (Å²) in [6.45, 7) is 4.83. The molecule has 1 aromatic heterocycles. The van der Waals surface area contributed by atoms with Crippen LogP contribution in [0.25, 0.3) is 0 Å². The molecule has 1 saturated heterocycles. The molecule has 1 N–H and O–H groups in total. The van der Waals surface area contributed by atoms with Crippen LogP contribution in [0, 0.1) is 5.92 Å². The van der Waals surface area contributed by atoms with Crippen molar-refractivity contribution < 1.29 is 9.26 Å². The van der Waals surface area contributed by atoms with Crippen molar-refractivity contribution in [3.63, 3.8) is 0 Å². The molecular formula is C16H27N3O2. The molecule has 3 rings (SSSR count). The first-order chi connectivity index (χ1) is 10.3. The SMILES string of the molecule is CCC1CCC(c2noc(COC3CCNCC3)n2)CC1. The van der Waals surface area contributed by atoms with Gasteiger partial charge in [-0.15, -0.1) is 0 Å². The van der Waals surface area contributed by atoms with Crippen molar-refractivity contribution in [1.29, 1.82) is 0 Å². The zero-order chi connectivity index (χ0) is 14.5. The van der Waals surface area contributed by atoms with Crippen LogP contribution in [0.3, 0.4) is 0 Å². The monoisotopic (exact) mass is 293 g/mol. The van der Waals surface area contributed by atoms with Gasteiger partial charge in [0.05, 0.1) is 6.10 Å². The van der Waals surface area contributed by atoms with Crippen molar-refractivity contribution in [3.8, 4) is 0 Å². The lowest BCUT2D eigenvalue weighted by molar-refractivity contribution is 0.00859. The molecule has 0 atom stereocenters. The van der Waals surface area contributed by atoms with E-state index in [-0.39, 0.29) is 0 Å². The standard InChI is InChI=1S/C16H27N3O2/c1-2-12-3-5-13(6-4-12)16-18-15(21-19-16)11-20-14-7-9-17-10-8-14/h12-14,17H,2-11H2,1H3. The summed E-state index contributed by atoms with van der Waals surface area (Å²) in [7, 11) is 0. The number of hydrogen-bond donors (Lipinski definition) is 1. The van der Waals surface area contributed by atoms with E-state index in [0.717, 1.165) is 37.7 Å². The van der Waals surface area contributed by atoms with Crippen molar-refractivity contribution >= 4 is 0 Å². The highest BCUT2D eigenvalue weighted by Crippen LogP contribution is 2.35. The van der Waals surface area contributed by atoms with E-state index in [9.17, 15) is 0 Å². The topological polar surface area (TPSA) is 60.2 Å². The third-order valence-corrected chi connectivity index (χ3v) is 5.00. The largest absolute Gasteiger partial charge is 0.368 e. The van der Waals surface area contributed by atoms with E-state index in [1.165, 1.54) is 32.1 Å². The second-order valence-corrected chi connectivity index (χ2v) is 6.43. The summed E-state index contributed by atoms with van der Waals surface area (Å²) in [4.78, 5) is 4.55. The quantitative estimate of drug-likeness (QED) is 0.904. The molecule has 5 nitrogen and oxygen atoms in total. The van der Waals surface area contributed by atoms with Gasteiger partial charge in [-0.05, 0) is 57.5 Å². The average molecular weight is 293 g/mol. The average Bonchev–Trinajstić information content (AvgIpc) is 3.03. The number of rotatable bonds is 5. The van der Waals surface area contributed by atoms with Crippen LogP contribution in [-0.4, -0.2) is 29.3 Å². The molecule has 0 aromatic carbocycles. The predicted molar refractivity (Wildman–Crippen MR) is 80.0 cm³/mol. The Morgan fingerprint density at radius 1 is 1.14 bits per heavy atom. The van der Waals surface area contributed by atoms with Crippen LogP contribution in [0.5, 0.6) is 0 Å². The number of hydrogen-bond acceptors (Lipinski definition) is 5. The van der Waals surface area contributed by atoms with E-state index in [2.05, 4.69) is 22.4 Å². The molecule has 0 amide bonds. The van der Waals surface area contributed by atoms with Crippen molar-refractivity contribution in [2.24, 2.45) is 5.92 Å². The molecule has 1 saturated carbocycles. The van der Waals surface area contributed by atoms with Gasteiger partial charge in [-0.25, -0.2) is 0 Å². The lowest BCUT2D eigenvalue weighted by atomic mass is 9.80. The second-order valence-electron chi connectivity index (χ2n) is 6.43. The molecule has 2 fully saturated rings. The minimum atomic E-state index is 0.335. The fourth-order valence-electron chi connectivity index (χ4n) is 3.47. The Morgan fingerprint density at radius 3 is 2.62 bits per heavy atom. The van der Waals surface area contributed by atoms with Gasteiger partial charge in [0.2, 0.25) is 0 Å². The third kappa shape index (κ3) is 4.04. The summed E-state index contributed by atoms with van der Waals surface area (Å²) in [5.74, 6) is 2.93. The number of nitrogens with one attached hydrogen (secondary N) is 1. The predicted octanol–water partition coefficient (Wildman–Crippen LogP) is 3.02. The van der Waals surface area contributed by atoms with Gasteiger partial charge in [-0.3, -0.25) is 0 Å². The van der Waals surface area contributed by atoms with Crippen LogP contribution < -0.4 is 5.32 Å². The summed E-state index contributed by atoms with van der Waals surface area (Å²) < 4.78 is 11.2. The maximum Gasteiger partial charge on any atom is 0.252 e. The number of nitrogens with zero attached hydrogens (tertiary/aromatic N) is 2. The Morgan fingerprint density at radius 2 is 1.90 bits per heavy atom. The zero-order valence-electron chi connectivity index (χ0n) is 13.0. The van der Waals surface area contributed by atoms with E-state index < -0.39 is 0 Å². The molecule has 0 spiro atoms. The van der Waals surface area contributed by atoms with Crippen LogP contribution in [0.15, 0.2) is 4.52 Å². The van der Waals surface area contributed by atoms with Crippen LogP contribution in [-0.2, 0) is 11.3 Å². The first kappa shape index (κ1) is 15.0. The molecule has 0 bridgehead atoms. The summed E-state index contributed by atoms with van der Waals surface area (Å²) in [6, 6.07) is 0. The number of piperidine rings is 1. The Kier molecular flexibility index (Phi) is 5.25. The van der Waals surface area contributed by atoms with E-state index in [1.54, 1.807) is 0 Å². The second kappa shape index (κ2) is 7.36. The van der Waals surface area contributed by atoms with E-state index in [4.69, 9.17) is 9.26 Å². The molecule has 5 heteroatoms. The van der Waals surface area contributed by atoms with Crippen molar-refractivity contribution in [3.05, 3.63) is 11.7 Å². The Hall–Kier alpha value is -0.940. The van der Waals surface area contributed by atoms with E-state index in [1.807, 2.05) is 0 Å². The van der Waals surface area contributed by atoms with Gasteiger partial charge in [0.25, 0.3) is 5.89 Å². The summed E-state index contributed by atoms with van der Waals surface area (Å²) >= 11 is 0. The Bertz CT molecular complexity index is 421. The zero-order valence-corrected chi connectivity index (χ0v) is 13.0. The van der Waals surface area contributed by atoms with Gasteiger partial charge in [-0.2, -0.15) is 4.98 Å². The van der Waals surface area contributed by atoms with Gasteiger partial charge >= 0.3 is 0 Å².